The van der Waals surface area contributed by atoms with Gasteiger partial charge in [0.1, 0.15) is 11.5 Å². The molecule has 0 amide bonds. The molecule has 2 aromatic rings. The maximum Gasteiger partial charge on any atom is 0.133 e. The molecule has 1 N–H and O–H groups in total. The largest absolute Gasteiger partial charge is 0.457 e. The number of para-hydroxylation sites is 2. The third kappa shape index (κ3) is 5.55. The summed E-state index contributed by atoms with van der Waals surface area (Å²) in [6.45, 7) is 5.55. The molecule has 146 valence electrons. The van der Waals surface area contributed by atoms with E-state index >= 15 is 0 Å². The molecule has 1 saturated heterocycles. The Bertz CT molecular complexity index is 698. The van der Waals surface area contributed by atoms with Crippen molar-refractivity contribution in [3.8, 4) is 11.5 Å². The van der Waals surface area contributed by atoms with E-state index < -0.39 is 0 Å². The second-order valence-electron chi connectivity index (χ2n) is 7.15. The van der Waals surface area contributed by atoms with E-state index in [4.69, 9.17) is 14.2 Å². The lowest BCUT2D eigenvalue weighted by Gasteiger charge is -2.32. The lowest BCUT2D eigenvalue weighted by molar-refractivity contribution is -0.00602. The first-order valence-corrected chi connectivity index (χ1v) is 9.93. The maximum absolute atomic E-state index is 6.38. The average molecular weight is 370 g/mol. The molecule has 4 heteroatoms. The number of piperidine rings is 1. The number of nitrogens with one attached hydrogen (secondary N) is 1. The fourth-order valence-electron chi connectivity index (χ4n) is 3.63. The summed E-state index contributed by atoms with van der Waals surface area (Å²) in [7, 11) is 1.73. The highest BCUT2D eigenvalue weighted by atomic mass is 16.5. The number of benzene rings is 2. The van der Waals surface area contributed by atoms with Crippen molar-refractivity contribution in [1.29, 1.82) is 0 Å². The van der Waals surface area contributed by atoms with Crippen molar-refractivity contribution in [1.82, 2.24) is 5.32 Å². The second kappa shape index (κ2) is 10.5. The second-order valence-corrected chi connectivity index (χ2v) is 7.15. The van der Waals surface area contributed by atoms with Gasteiger partial charge in [-0.1, -0.05) is 36.4 Å². The highest BCUT2D eigenvalue weighted by Crippen LogP contribution is 2.38. The first-order chi connectivity index (χ1) is 13.3. The molecule has 0 spiro atoms. The molecule has 0 bridgehead atoms. The Morgan fingerprint density at radius 1 is 1.04 bits per heavy atom. The lowest BCUT2D eigenvalue weighted by Crippen LogP contribution is -2.34. The van der Waals surface area contributed by atoms with Crippen LogP contribution in [0.1, 0.15) is 36.5 Å². The van der Waals surface area contributed by atoms with Gasteiger partial charge in [0.2, 0.25) is 0 Å². The number of hydrogen-bond acceptors (Lipinski definition) is 4. The van der Waals surface area contributed by atoms with Crippen LogP contribution in [0.5, 0.6) is 11.5 Å². The monoisotopic (exact) mass is 369 g/mol. The van der Waals surface area contributed by atoms with Crippen molar-refractivity contribution in [2.24, 2.45) is 5.92 Å². The fourth-order valence-corrected chi connectivity index (χ4v) is 3.63. The SMILES string of the molecule is COCCCO[C@H](c1ccccc1Oc1ccccc1C)[C@@H]1CCCNC1. The molecule has 0 unspecified atom stereocenters. The van der Waals surface area contributed by atoms with Gasteiger partial charge in [0.15, 0.2) is 0 Å². The predicted molar refractivity (Wildman–Crippen MR) is 108 cm³/mol. The van der Waals surface area contributed by atoms with E-state index in [0.29, 0.717) is 12.5 Å². The van der Waals surface area contributed by atoms with Gasteiger partial charge < -0.3 is 19.5 Å². The van der Waals surface area contributed by atoms with Crippen molar-refractivity contribution in [3.05, 3.63) is 59.7 Å². The normalized spacial score (nSPS) is 18.2. The standard InChI is InChI=1S/C23H31NO3/c1-18-9-3-5-12-21(18)27-22-13-6-4-11-20(22)23(26-16-8-15-25-2)19-10-7-14-24-17-19/h3-6,9,11-13,19,23-24H,7-8,10,14-17H2,1-2H3/t19-,23+/m1/s1. The minimum absolute atomic E-state index is 0.0230. The van der Waals surface area contributed by atoms with Crippen LogP contribution in [0.25, 0.3) is 0 Å². The molecule has 27 heavy (non-hydrogen) atoms. The Morgan fingerprint density at radius 2 is 1.81 bits per heavy atom. The van der Waals surface area contributed by atoms with E-state index in [1.54, 1.807) is 7.11 Å². The number of rotatable bonds is 9. The zero-order valence-corrected chi connectivity index (χ0v) is 16.4. The summed E-state index contributed by atoms with van der Waals surface area (Å²) in [4.78, 5) is 0. The Morgan fingerprint density at radius 3 is 2.56 bits per heavy atom. The van der Waals surface area contributed by atoms with E-state index in [-0.39, 0.29) is 6.10 Å². The summed E-state index contributed by atoms with van der Waals surface area (Å²) in [5.74, 6) is 2.22. The van der Waals surface area contributed by atoms with Crippen LogP contribution in [0, 0.1) is 12.8 Å². The van der Waals surface area contributed by atoms with E-state index in [1.165, 1.54) is 12.8 Å². The molecule has 1 heterocycles. The lowest BCUT2D eigenvalue weighted by atomic mass is 9.88. The minimum Gasteiger partial charge on any atom is -0.457 e. The Hall–Kier alpha value is -1.88. The van der Waals surface area contributed by atoms with E-state index in [2.05, 4.69) is 30.4 Å². The van der Waals surface area contributed by atoms with Crippen LogP contribution in [0.15, 0.2) is 48.5 Å². The molecule has 2 atom stereocenters. The molecule has 0 aliphatic carbocycles. The van der Waals surface area contributed by atoms with Gasteiger partial charge in [-0.05, 0) is 50.4 Å². The average Bonchev–Trinajstić information content (AvgIpc) is 2.71. The van der Waals surface area contributed by atoms with Gasteiger partial charge in [-0.15, -0.1) is 0 Å². The zero-order valence-electron chi connectivity index (χ0n) is 16.4. The summed E-state index contributed by atoms with van der Waals surface area (Å²) >= 11 is 0. The minimum atomic E-state index is 0.0230. The van der Waals surface area contributed by atoms with Crippen LogP contribution in [0.2, 0.25) is 0 Å². The third-order valence-electron chi connectivity index (χ3n) is 5.09. The molecular weight excluding hydrogens is 338 g/mol. The topological polar surface area (TPSA) is 39.7 Å². The van der Waals surface area contributed by atoms with E-state index in [0.717, 1.165) is 48.7 Å². The van der Waals surface area contributed by atoms with Crippen LogP contribution in [0.3, 0.4) is 0 Å². The van der Waals surface area contributed by atoms with Crippen molar-refractivity contribution in [2.45, 2.75) is 32.3 Å². The van der Waals surface area contributed by atoms with Crippen LogP contribution < -0.4 is 10.1 Å². The van der Waals surface area contributed by atoms with Gasteiger partial charge in [-0.3, -0.25) is 0 Å². The van der Waals surface area contributed by atoms with Gasteiger partial charge in [0, 0.05) is 38.3 Å². The fraction of sp³-hybridized carbons (Fsp3) is 0.478. The van der Waals surface area contributed by atoms with Gasteiger partial charge in [-0.2, -0.15) is 0 Å². The molecule has 4 nitrogen and oxygen atoms in total. The van der Waals surface area contributed by atoms with Crippen LogP contribution in [-0.2, 0) is 9.47 Å². The van der Waals surface area contributed by atoms with Crippen molar-refractivity contribution < 1.29 is 14.2 Å². The number of hydrogen-bond donors (Lipinski definition) is 1. The molecule has 2 aromatic carbocycles. The molecular formula is C23H31NO3. The highest BCUT2D eigenvalue weighted by Gasteiger charge is 2.28. The molecule has 1 fully saturated rings. The van der Waals surface area contributed by atoms with Crippen molar-refractivity contribution in [2.75, 3.05) is 33.4 Å². The molecule has 0 saturated carbocycles. The van der Waals surface area contributed by atoms with Gasteiger partial charge in [-0.25, -0.2) is 0 Å². The Labute approximate surface area is 162 Å². The molecule has 1 aliphatic heterocycles. The number of ether oxygens (including phenoxy) is 3. The highest BCUT2D eigenvalue weighted by molar-refractivity contribution is 5.42. The summed E-state index contributed by atoms with van der Waals surface area (Å²) in [5.41, 5.74) is 2.26. The van der Waals surface area contributed by atoms with Gasteiger partial charge >= 0.3 is 0 Å². The van der Waals surface area contributed by atoms with E-state index in [9.17, 15) is 0 Å². The molecule has 0 radical (unpaired) electrons. The van der Waals surface area contributed by atoms with Crippen molar-refractivity contribution >= 4 is 0 Å². The summed E-state index contributed by atoms with van der Waals surface area (Å²) in [6, 6.07) is 16.4. The summed E-state index contributed by atoms with van der Waals surface area (Å²) in [5, 5.41) is 3.52. The maximum atomic E-state index is 6.38. The Balaban J connectivity index is 1.83. The number of aryl methyl sites for hydroxylation is 1. The van der Waals surface area contributed by atoms with Crippen molar-refractivity contribution in [3.63, 3.8) is 0 Å². The molecule has 1 aliphatic rings. The van der Waals surface area contributed by atoms with Crippen LogP contribution >= 0.6 is 0 Å². The van der Waals surface area contributed by atoms with Crippen LogP contribution in [-0.4, -0.2) is 33.4 Å². The number of methoxy groups -OCH3 is 1. The van der Waals surface area contributed by atoms with Crippen LogP contribution in [0.4, 0.5) is 0 Å². The zero-order chi connectivity index (χ0) is 18.9. The van der Waals surface area contributed by atoms with Gasteiger partial charge in [0.05, 0.1) is 6.10 Å². The summed E-state index contributed by atoms with van der Waals surface area (Å²) in [6.07, 6.45) is 3.27. The smallest absolute Gasteiger partial charge is 0.133 e. The Kier molecular flexibility index (Phi) is 7.69. The summed E-state index contributed by atoms with van der Waals surface area (Å²) < 4.78 is 17.9. The first-order valence-electron chi connectivity index (χ1n) is 9.93. The first kappa shape index (κ1) is 19.9. The van der Waals surface area contributed by atoms with E-state index in [1.807, 2.05) is 30.3 Å². The molecule has 0 aromatic heterocycles. The van der Waals surface area contributed by atoms with Gasteiger partial charge in [0.25, 0.3) is 0 Å². The quantitative estimate of drug-likeness (QED) is 0.640. The third-order valence-corrected chi connectivity index (χ3v) is 5.09. The molecule has 3 rings (SSSR count). The predicted octanol–water partition coefficient (Wildman–Crippen LogP) is 4.88.